The molecular formula is C23H28N4O3S. The first-order valence-corrected chi connectivity index (χ1v) is 11.9. The second-order valence-corrected chi connectivity index (χ2v) is 9.73. The van der Waals surface area contributed by atoms with E-state index in [4.69, 9.17) is 14.2 Å². The molecule has 0 unspecified atom stereocenters. The number of nitrogens with zero attached hydrogens (tertiary/aromatic N) is 3. The number of thiazole rings is 1. The van der Waals surface area contributed by atoms with Crippen molar-refractivity contribution in [3.63, 3.8) is 0 Å². The van der Waals surface area contributed by atoms with Gasteiger partial charge < -0.3 is 19.5 Å². The Hall–Kier alpha value is -2.61. The van der Waals surface area contributed by atoms with Crippen LogP contribution in [-0.2, 0) is 4.79 Å². The third-order valence-corrected chi connectivity index (χ3v) is 7.19. The standard InChI is InChI=1S/C23H28N4O3S/c1-14(24-15(2)28)21-12-20(26-30-21)17-7-9-27(10-8-17)23-25-19-6-5-18(11-22(19)31-23)29-13-16-3-4-16/h5-6,11-12,14,16-17H,3-4,7-10,13H2,1-2H3,(H,24,28)/t14-/m0/s1. The molecule has 1 aromatic carbocycles. The molecule has 2 aliphatic rings. The molecule has 0 bridgehead atoms. The van der Waals surface area contributed by atoms with Crippen molar-refractivity contribution in [1.29, 1.82) is 0 Å². The molecule has 8 heteroatoms. The summed E-state index contributed by atoms with van der Waals surface area (Å²) < 4.78 is 12.6. The highest BCUT2D eigenvalue weighted by molar-refractivity contribution is 7.22. The van der Waals surface area contributed by atoms with Gasteiger partial charge in [-0.05, 0) is 56.7 Å². The van der Waals surface area contributed by atoms with Crippen molar-refractivity contribution in [3.05, 3.63) is 35.7 Å². The molecule has 3 heterocycles. The topological polar surface area (TPSA) is 80.5 Å². The van der Waals surface area contributed by atoms with Crippen molar-refractivity contribution in [1.82, 2.24) is 15.5 Å². The van der Waals surface area contributed by atoms with Gasteiger partial charge in [-0.2, -0.15) is 0 Å². The quantitative estimate of drug-likeness (QED) is 0.576. The Morgan fingerprint density at radius 2 is 2.10 bits per heavy atom. The van der Waals surface area contributed by atoms with Crippen molar-refractivity contribution < 1.29 is 14.1 Å². The first kappa shape index (κ1) is 20.3. The average Bonchev–Trinajstić information content (AvgIpc) is 3.29. The molecule has 1 aliphatic carbocycles. The lowest BCUT2D eigenvalue weighted by Crippen LogP contribution is -2.32. The van der Waals surface area contributed by atoms with Gasteiger partial charge in [0, 0.05) is 32.0 Å². The number of amides is 1. The van der Waals surface area contributed by atoms with Crippen LogP contribution < -0.4 is 15.0 Å². The van der Waals surface area contributed by atoms with Crippen molar-refractivity contribution >= 4 is 32.6 Å². The molecular weight excluding hydrogens is 412 g/mol. The zero-order valence-corrected chi connectivity index (χ0v) is 18.8. The SMILES string of the molecule is CC(=O)N[C@@H](C)c1cc(C2CCN(c3nc4ccc(OCC5CC5)cc4s3)CC2)no1. The van der Waals surface area contributed by atoms with Gasteiger partial charge >= 0.3 is 0 Å². The molecule has 1 N–H and O–H groups in total. The Morgan fingerprint density at radius 1 is 1.29 bits per heavy atom. The molecule has 3 aromatic rings. The lowest BCUT2D eigenvalue weighted by atomic mass is 9.93. The number of hydrogen-bond acceptors (Lipinski definition) is 7. The number of aromatic nitrogens is 2. The van der Waals surface area contributed by atoms with Gasteiger partial charge in [0.2, 0.25) is 5.91 Å². The van der Waals surface area contributed by atoms with Crippen LogP contribution >= 0.6 is 11.3 Å². The summed E-state index contributed by atoms with van der Waals surface area (Å²) in [5, 5.41) is 8.19. The van der Waals surface area contributed by atoms with Gasteiger partial charge in [-0.3, -0.25) is 4.79 Å². The third-order valence-electron chi connectivity index (χ3n) is 6.11. The van der Waals surface area contributed by atoms with Crippen LogP contribution in [0, 0.1) is 5.92 Å². The highest BCUT2D eigenvalue weighted by atomic mass is 32.1. The molecule has 5 rings (SSSR count). The number of fused-ring (bicyclic) bond motifs is 1. The zero-order chi connectivity index (χ0) is 21.4. The van der Waals surface area contributed by atoms with Crippen molar-refractivity contribution in [2.75, 3.05) is 24.6 Å². The maximum atomic E-state index is 11.3. The predicted molar refractivity (Wildman–Crippen MR) is 121 cm³/mol. The lowest BCUT2D eigenvalue weighted by molar-refractivity contribution is -0.119. The maximum absolute atomic E-state index is 11.3. The minimum absolute atomic E-state index is 0.0730. The van der Waals surface area contributed by atoms with Gasteiger partial charge in [-0.15, -0.1) is 0 Å². The number of nitrogens with one attached hydrogen (secondary N) is 1. The lowest BCUT2D eigenvalue weighted by Gasteiger charge is -2.30. The Kier molecular flexibility index (Phi) is 5.56. The number of carbonyl (C=O) groups is 1. The Balaban J connectivity index is 1.20. The molecule has 1 amide bonds. The van der Waals surface area contributed by atoms with E-state index < -0.39 is 0 Å². The second-order valence-electron chi connectivity index (χ2n) is 8.72. The van der Waals surface area contributed by atoms with Crippen LogP contribution in [0.5, 0.6) is 5.75 Å². The molecule has 1 atom stereocenters. The summed E-state index contributed by atoms with van der Waals surface area (Å²) in [6.45, 7) is 6.13. The first-order chi connectivity index (χ1) is 15.0. The van der Waals surface area contributed by atoms with Crippen molar-refractivity contribution in [2.45, 2.75) is 51.5 Å². The Bertz CT molecular complexity index is 1070. The Labute approximate surface area is 185 Å². The predicted octanol–water partition coefficient (Wildman–Crippen LogP) is 4.65. The maximum Gasteiger partial charge on any atom is 0.217 e. The third kappa shape index (κ3) is 4.69. The monoisotopic (exact) mass is 440 g/mol. The van der Waals surface area contributed by atoms with Gasteiger partial charge in [-0.1, -0.05) is 16.5 Å². The molecule has 1 aliphatic heterocycles. The fourth-order valence-electron chi connectivity index (χ4n) is 4.06. The van der Waals surface area contributed by atoms with Crippen LogP contribution in [0.4, 0.5) is 5.13 Å². The number of benzene rings is 1. The van der Waals surface area contributed by atoms with Gasteiger partial charge in [-0.25, -0.2) is 4.98 Å². The summed E-state index contributed by atoms with van der Waals surface area (Å²) >= 11 is 1.74. The summed E-state index contributed by atoms with van der Waals surface area (Å²) in [6, 6.07) is 8.04. The Morgan fingerprint density at radius 3 is 2.84 bits per heavy atom. The minimum atomic E-state index is -0.167. The van der Waals surface area contributed by atoms with Gasteiger partial charge in [0.05, 0.1) is 28.6 Å². The van der Waals surface area contributed by atoms with E-state index in [0.717, 1.165) is 60.5 Å². The van der Waals surface area contributed by atoms with Crippen molar-refractivity contribution in [3.8, 4) is 5.75 Å². The van der Waals surface area contributed by atoms with Crippen molar-refractivity contribution in [2.24, 2.45) is 5.92 Å². The van der Waals surface area contributed by atoms with Gasteiger partial charge in [0.25, 0.3) is 0 Å². The van der Waals surface area contributed by atoms with E-state index in [9.17, 15) is 4.79 Å². The smallest absolute Gasteiger partial charge is 0.217 e. The number of anilines is 1. The fraction of sp³-hybridized carbons (Fsp3) is 0.522. The summed E-state index contributed by atoms with van der Waals surface area (Å²) in [4.78, 5) is 18.5. The van der Waals surface area contributed by atoms with E-state index in [1.807, 2.05) is 19.1 Å². The van der Waals surface area contributed by atoms with Crippen LogP contribution in [-0.4, -0.2) is 35.7 Å². The van der Waals surface area contributed by atoms with E-state index in [1.54, 1.807) is 11.3 Å². The number of carbonyl (C=O) groups excluding carboxylic acids is 1. The van der Waals surface area contributed by atoms with E-state index >= 15 is 0 Å². The van der Waals surface area contributed by atoms with Gasteiger partial charge in [0.15, 0.2) is 10.9 Å². The molecule has 1 saturated heterocycles. The minimum Gasteiger partial charge on any atom is -0.493 e. The summed E-state index contributed by atoms with van der Waals surface area (Å²) in [7, 11) is 0. The molecule has 0 radical (unpaired) electrons. The first-order valence-electron chi connectivity index (χ1n) is 11.1. The highest BCUT2D eigenvalue weighted by Gasteiger charge is 2.26. The highest BCUT2D eigenvalue weighted by Crippen LogP contribution is 2.36. The normalized spacial score (nSPS) is 18.3. The largest absolute Gasteiger partial charge is 0.493 e. The number of piperidine rings is 1. The van der Waals surface area contributed by atoms with E-state index in [2.05, 4.69) is 27.5 Å². The van der Waals surface area contributed by atoms with E-state index in [1.165, 1.54) is 24.5 Å². The summed E-state index contributed by atoms with van der Waals surface area (Å²) in [5.74, 6) is 2.71. The number of hydrogen-bond donors (Lipinski definition) is 1. The van der Waals surface area contributed by atoms with Crippen LogP contribution in [0.1, 0.15) is 62.9 Å². The number of ether oxygens (including phenoxy) is 1. The van der Waals surface area contributed by atoms with E-state index in [-0.39, 0.29) is 11.9 Å². The summed E-state index contributed by atoms with van der Waals surface area (Å²) in [5.41, 5.74) is 2.02. The molecule has 31 heavy (non-hydrogen) atoms. The van der Waals surface area contributed by atoms with Gasteiger partial charge in [0.1, 0.15) is 5.75 Å². The fourth-order valence-corrected chi connectivity index (χ4v) is 5.10. The van der Waals surface area contributed by atoms with E-state index in [0.29, 0.717) is 11.7 Å². The molecule has 1 saturated carbocycles. The molecule has 0 spiro atoms. The summed E-state index contributed by atoms with van der Waals surface area (Å²) in [6.07, 6.45) is 4.61. The molecule has 7 nitrogen and oxygen atoms in total. The second kappa shape index (κ2) is 8.49. The molecule has 2 fully saturated rings. The van der Waals surface area contributed by atoms with Crippen LogP contribution in [0.25, 0.3) is 10.2 Å². The van der Waals surface area contributed by atoms with Crippen LogP contribution in [0.2, 0.25) is 0 Å². The molecule has 164 valence electrons. The molecule has 2 aromatic heterocycles. The zero-order valence-electron chi connectivity index (χ0n) is 18.0. The average molecular weight is 441 g/mol. The van der Waals surface area contributed by atoms with Crippen LogP contribution in [0.15, 0.2) is 28.8 Å². The van der Waals surface area contributed by atoms with Crippen LogP contribution in [0.3, 0.4) is 0 Å². The number of rotatable bonds is 7.